The van der Waals surface area contributed by atoms with Crippen molar-refractivity contribution in [1.82, 2.24) is 4.90 Å². The summed E-state index contributed by atoms with van der Waals surface area (Å²) in [7, 11) is 0. The number of hydrogen-bond acceptors (Lipinski definition) is 4. The first kappa shape index (κ1) is 10.8. The Kier molecular flexibility index (Phi) is 3.00. The van der Waals surface area contributed by atoms with Gasteiger partial charge in [0, 0.05) is 5.70 Å². The maximum absolute atomic E-state index is 11.5. The summed E-state index contributed by atoms with van der Waals surface area (Å²) in [5.41, 5.74) is 5.88. The third-order valence-corrected chi connectivity index (χ3v) is 2.53. The third-order valence-electron chi connectivity index (χ3n) is 2.21. The molecule has 0 aromatic heterocycles. The number of allylic oxidation sites excluding steroid dienone is 2. The predicted molar refractivity (Wildman–Crippen MR) is 56.7 cm³/mol. The number of primary amides is 1. The van der Waals surface area contributed by atoms with Gasteiger partial charge in [-0.15, -0.1) is 0 Å². The van der Waals surface area contributed by atoms with Crippen molar-refractivity contribution in [3.63, 3.8) is 0 Å². The summed E-state index contributed by atoms with van der Waals surface area (Å²) in [5, 5.41) is 0. The van der Waals surface area contributed by atoms with Gasteiger partial charge in [-0.05, 0) is 19.9 Å². The number of nitrogens with zero attached hydrogens (tertiary/aromatic N) is 1. The third kappa shape index (κ3) is 1.98. The number of rotatable bonds is 2. The molecule has 0 bridgehead atoms. The lowest BCUT2D eigenvalue weighted by atomic mass is 10.0. The normalized spacial score (nSPS) is 22.3. The van der Waals surface area contributed by atoms with Crippen molar-refractivity contribution >= 4 is 28.8 Å². The summed E-state index contributed by atoms with van der Waals surface area (Å²) in [6.45, 7) is 3.57. The molecule has 1 aliphatic rings. The zero-order valence-electron chi connectivity index (χ0n) is 8.11. The van der Waals surface area contributed by atoms with Gasteiger partial charge in [-0.3, -0.25) is 9.59 Å². The number of Topliss-reactive ketones (excluding diaryl/α,β-unsaturated/α-hetero) is 1. The molecule has 0 aromatic carbocycles. The molecule has 0 fully saturated rings. The highest BCUT2D eigenvalue weighted by molar-refractivity contribution is 7.82. The van der Waals surface area contributed by atoms with E-state index in [1.54, 1.807) is 24.8 Å². The van der Waals surface area contributed by atoms with Crippen molar-refractivity contribution in [3.05, 3.63) is 11.8 Å². The summed E-state index contributed by atoms with van der Waals surface area (Å²) in [6, 6.07) is -0.389. The van der Waals surface area contributed by atoms with Crippen LogP contribution in [0.15, 0.2) is 11.8 Å². The van der Waals surface area contributed by atoms with Crippen molar-refractivity contribution < 1.29 is 9.59 Å². The van der Waals surface area contributed by atoms with Gasteiger partial charge in [0.2, 0.25) is 5.91 Å². The van der Waals surface area contributed by atoms with Crippen LogP contribution in [0, 0.1) is 0 Å². The maximum Gasteiger partial charge on any atom is 0.236 e. The van der Waals surface area contributed by atoms with E-state index in [1.165, 1.54) is 0 Å². The van der Waals surface area contributed by atoms with Gasteiger partial charge < -0.3 is 10.6 Å². The van der Waals surface area contributed by atoms with E-state index in [0.717, 1.165) is 5.70 Å². The molecule has 1 atom stereocenters. The molecule has 0 saturated heterocycles. The molecule has 76 valence electrons. The lowest BCUT2D eigenvalue weighted by molar-refractivity contribution is -0.121. The van der Waals surface area contributed by atoms with Crippen LogP contribution in [0.25, 0.3) is 0 Å². The minimum Gasteiger partial charge on any atom is -0.368 e. The Bertz CT molecular complexity index is 336. The number of amides is 1. The highest BCUT2D eigenvalue weighted by atomic mass is 32.1. The van der Waals surface area contributed by atoms with Crippen LogP contribution in [0.2, 0.25) is 0 Å². The molecule has 4 nitrogen and oxygen atoms in total. The average molecular weight is 212 g/mol. The van der Waals surface area contributed by atoms with E-state index in [0.29, 0.717) is 4.86 Å². The number of carbonyl (C=O) groups excluding carboxylic acids is 2. The van der Waals surface area contributed by atoms with E-state index in [4.69, 9.17) is 18.0 Å². The quantitative estimate of drug-likeness (QED) is 0.655. The maximum atomic E-state index is 11.5. The van der Waals surface area contributed by atoms with Crippen LogP contribution < -0.4 is 5.73 Å². The van der Waals surface area contributed by atoms with Gasteiger partial charge in [-0.2, -0.15) is 0 Å². The Hall–Kier alpha value is -1.23. The van der Waals surface area contributed by atoms with Crippen LogP contribution >= 0.6 is 12.2 Å². The van der Waals surface area contributed by atoms with Crippen molar-refractivity contribution in [3.8, 4) is 0 Å². The largest absolute Gasteiger partial charge is 0.368 e. The lowest BCUT2D eigenvalue weighted by Gasteiger charge is -2.32. The van der Waals surface area contributed by atoms with Gasteiger partial charge in [0.05, 0.1) is 17.5 Å². The van der Waals surface area contributed by atoms with Gasteiger partial charge in [0.1, 0.15) is 0 Å². The summed E-state index contributed by atoms with van der Waals surface area (Å²) in [6.07, 6.45) is 1.60. The molecule has 0 radical (unpaired) electrons. The molecule has 2 N–H and O–H groups in total. The van der Waals surface area contributed by atoms with Crippen molar-refractivity contribution in [2.45, 2.75) is 19.9 Å². The highest BCUT2D eigenvalue weighted by Crippen LogP contribution is 2.16. The number of nitrogens with two attached hydrogens (primary N) is 1. The summed E-state index contributed by atoms with van der Waals surface area (Å²) in [5.74, 6) is -0.586. The number of hydrogen-bond donors (Lipinski definition) is 1. The van der Waals surface area contributed by atoms with Crippen molar-refractivity contribution in [2.75, 3.05) is 6.54 Å². The molecular weight excluding hydrogens is 200 g/mol. The summed E-state index contributed by atoms with van der Waals surface area (Å²) < 4.78 is 0. The Morgan fingerprint density at radius 1 is 1.71 bits per heavy atom. The van der Waals surface area contributed by atoms with E-state index in [2.05, 4.69) is 0 Å². The van der Waals surface area contributed by atoms with Gasteiger partial charge in [0.25, 0.3) is 0 Å². The molecule has 1 unspecified atom stereocenters. The van der Waals surface area contributed by atoms with E-state index >= 15 is 0 Å². The first-order valence-corrected chi connectivity index (χ1v) is 4.65. The number of carbonyl (C=O) groups is 2. The molecule has 0 spiro atoms. The second-order valence-electron chi connectivity index (χ2n) is 3.28. The lowest BCUT2D eigenvalue weighted by Crippen LogP contribution is -2.47. The van der Waals surface area contributed by atoms with Gasteiger partial charge in [-0.1, -0.05) is 12.2 Å². The van der Waals surface area contributed by atoms with Crippen molar-refractivity contribution in [1.29, 1.82) is 0 Å². The fourth-order valence-corrected chi connectivity index (χ4v) is 1.77. The SMILES string of the molecule is CC1=CC(=S)C(=O)C(C)N1CC(N)=O. The zero-order chi connectivity index (χ0) is 10.9. The molecule has 0 aromatic rings. The minimum atomic E-state index is -0.454. The van der Waals surface area contributed by atoms with E-state index < -0.39 is 5.91 Å². The number of thiocarbonyl (C=S) groups is 1. The molecule has 1 heterocycles. The van der Waals surface area contributed by atoms with Crippen LogP contribution in [0.1, 0.15) is 13.8 Å². The molecule has 1 rings (SSSR count). The first-order chi connectivity index (χ1) is 6.43. The Labute approximate surface area is 87.7 Å². The van der Waals surface area contributed by atoms with Gasteiger partial charge in [-0.25, -0.2) is 0 Å². The Morgan fingerprint density at radius 3 is 2.79 bits per heavy atom. The van der Waals surface area contributed by atoms with Crippen LogP contribution in [0.4, 0.5) is 0 Å². The van der Waals surface area contributed by atoms with E-state index in [-0.39, 0.29) is 18.4 Å². The molecule has 0 aliphatic carbocycles. The Morgan fingerprint density at radius 2 is 2.29 bits per heavy atom. The predicted octanol–water partition coefficient (Wildman–Crippen LogP) is 0.0186. The average Bonchev–Trinajstić information content (AvgIpc) is 2.09. The molecule has 5 heteroatoms. The van der Waals surface area contributed by atoms with Crippen LogP contribution in [-0.4, -0.2) is 34.0 Å². The molecule has 0 saturated carbocycles. The minimum absolute atomic E-state index is 0.0534. The van der Waals surface area contributed by atoms with Crippen LogP contribution in [0.3, 0.4) is 0 Å². The monoisotopic (exact) mass is 212 g/mol. The second kappa shape index (κ2) is 3.88. The van der Waals surface area contributed by atoms with Gasteiger partial charge in [0.15, 0.2) is 5.78 Å². The molecular formula is C9H12N2O2S. The van der Waals surface area contributed by atoms with E-state index in [9.17, 15) is 9.59 Å². The fourth-order valence-electron chi connectivity index (χ4n) is 1.43. The molecule has 1 amide bonds. The fraction of sp³-hybridized carbons (Fsp3) is 0.444. The summed E-state index contributed by atoms with van der Waals surface area (Å²) in [4.78, 5) is 24.2. The van der Waals surface area contributed by atoms with Gasteiger partial charge >= 0.3 is 0 Å². The second-order valence-corrected chi connectivity index (χ2v) is 3.72. The van der Waals surface area contributed by atoms with E-state index in [1.807, 2.05) is 0 Å². The first-order valence-electron chi connectivity index (χ1n) is 4.25. The standard InChI is InChI=1S/C9H12N2O2S/c1-5-3-7(14)9(13)6(2)11(5)4-8(10)12/h3,6H,4H2,1-2H3,(H2,10,12). The van der Waals surface area contributed by atoms with Crippen LogP contribution in [0.5, 0.6) is 0 Å². The van der Waals surface area contributed by atoms with Crippen LogP contribution in [-0.2, 0) is 9.59 Å². The topological polar surface area (TPSA) is 63.4 Å². The summed E-state index contributed by atoms with van der Waals surface area (Å²) >= 11 is 4.88. The zero-order valence-corrected chi connectivity index (χ0v) is 8.93. The van der Waals surface area contributed by atoms with Crippen molar-refractivity contribution in [2.24, 2.45) is 5.73 Å². The Balaban J connectivity index is 2.95. The highest BCUT2D eigenvalue weighted by Gasteiger charge is 2.29. The molecule has 14 heavy (non-hydrogen) atoms. The number of ketones is 1. The smallest absolute Gasteiger partial charge is 0.236 e. The molecule has 1 aliphatic heterocycles.